The highest BCUT2D eigenvalue weighted by atomic mass is 28.6. The summed E-state index contributed by atoms with van der Waals surface area (Å²) >= 11 is 0. The average Bonchev–Trinajstić information content (AvgIpc) is 0.664. The van der Waals surface area contributed by atoms with Crippen molar-refractivity contribution < 1.29 is 49.4 Å². The molecular weight excluding hydrogens is 1700 g/mol. The smallest absolute Gasteiger partial charge is 0.366 e. The van der Waals surface area contributed by atoms with Gasteiger partial charge in [0.05, 0.1) is 0 Å². The van der Waals surface area contributed by atoms with E-state index in [1.54, 1.807) is 0 Å². The fraction of sp³-hybridized carbons (Fsp3) is 0.273. The van der Waals surface area contributed by atoms with Crippen LogP contribution in [0.2, 0.25) is 157 Å². The molecule has 0 saturated carbocycles. The highest BCUT2D eigenvalue weighted by Crippen LogP contribution is 2.49. The molecule has 6 heterocycles. The van der Waals surface area contributed by atoms with Gasteiger partial charge in [-0.25, -0.2) is 0 Å². The minimum atomic E-state index is -5.28. The highest BCUT2D eigenvalue weighted by molar-refractivity contribution is 7.15. The zero-order valence-electron chi connectivity index (χ0n) is 71.4. The van der Waals surface area contributed by atoms with Crippen molar-refractivity contribution >= 4 is 177 Å². The monoisotopic (exact) mass is 1800 g/mol. The lowest BCUT2D eigenvalue weighted by atomic mass is 10.2. The Morgan fingerprint density at radius 3 is 0.284 bits per heavy atom. The maximum absolute atomic E-state index is 8.80. The molecule has 592 valence electrons. The second-order valence-electron chi connectivity index (χ2n) is 38.3. The summed E-state index contributed by atoms with van der Waals surface area (Å²) in [5.41, 5.74) is 35.0. The Hall–Kier alpha value is -6.77. The lowest BCUT2D eigenvalue weighted by molar-refractivity contribution is -0.00300. The van der Waals surface area contributed by atoms with Gasteiger partial charge in [0.25, 0.3) is 0 Å². The van der Waals surface area contributed by atoms with Crippen molar-refractivity contribution in [2.45, 2.75) is 157 Å². The molecular formula is C88H104O12Si16. The average molecular weight is 1800 g/mol. The molecule has 0 N–H and O–H groups in total. The first-order valence-electron chi connectivity index (χ1n) is 39.5. The minimum absolute atomic E-state index is 0.470. The first-order chi connectivity index (χ1) is 54.0. The van der Waals surface area contributed by atoms with E-state index in [2.05, 4.69) is 249 Å². The van der Waals surface area contributed by atoms with E-state index in [-0.39, 0.29) is 0 Å². The van der Waals surface area contributed by atoms with Gasteiger partial charge in [-0.2, -0.15) is 0 Å². The topological polar surface area (TPSA) is 111 Å². The second-order valence-corrected chi connectivity index (χ2v) is 99.6. The van der Waals surface area contributed by atoms with Crippen molar-refractivity contribution in [1.82, 2.24) is 0 Å². The molecule has 8 aromatic rings. The molecule has 0 spiro atoms. The van der Waals surface area contributed by atoms with E-state index in [9.17, 15) is 0 Å². The van der Waals surface area contributed by atoms with E-state index in [0.29, 0.717) is 41.5 Å². The SMILES string of the molecule is C[Si](C)(C)C#Cc1ccc([Si]23O[Si]4(c5ccc(C#C[Si](C)(C)C)cc5)O[Si]5(c6ccc(C#C[Si](C)(C)C)cc6)O[Si](c6ccc(C#C[Si](C)(C)C)cc6)(O2)O[Si]2(c6ccc(C#C[Si](C)(C)C)cc6)O[Si](c6ccc(C#C[Si](C)(C)C)cc6)(O3)O[Si](c3ccc(C#C[Si](C)(C)C)cc3)(O4)O[Si](c3ccc(C#C[Si](C)(C)C)cc3)(O5)O2)cc1. The van der Waals surface area contributed by atoms with Crippen LogP contribution in [0.3, 0.4) is 0 Å². The van der Waals surface area contributed by atoms with E-state index in [0.717, 1.165) is 44.5 Å². The van der Waals surface area contributed by atoms with E-state index in [4.69, 9.17) is 49.4 Å². The highest BCUT2D eigenvalue weighted by Gasteiger charge is 2.86. The third kappa shape index (κ3) is 20.8. The molecule has 0 amide bonds. The van der Waals surface area contributed by atoms with E-state index >= 15 is 0 Å². The van der Waals surface area contributed by atoms with Gasteiger partial charge in [0.2, 0.25) is 0 Å². The van der Waals surface area contributed by atoms with Gasteiger partial charge < -0.3 is 49.4 Å². The van der Waals surface area contributed by atoms with Crippen molar-refractivity contribution in [2.24, 2.45) is 0 Å². The first kappa shape index (κ1) is 87.1. The molecule has 14 rings (SSSR count). The van der Waals surface area contributed by atoms with E-state index in [1.807, 2.05) is 194 Å². The van der Waals surface area contributed by atoms with Gasteiger partial charge in [0.15, 0.2) is 0 Å². The summed E-state index contributed by atoms with van der Waals surface area (Å²) in [4.78, 5) is 0. The standard InChI is InChI=1S/C88H104O12Si16/c1-101(2,3)65-57-73-25-41-81(42-26-73)109-89-110(82-43-27-74(28-44-82)58-66-102(4,5)6)92-113(85-49-33-77(34-50-85)61-69-105(13,14)15)94-111(90-109,83-45-29-75(30-46-83)59-67-103(7,8)9)96-115(87-53-37-79(38-54-87)63-71-107(19,20)21)97-112(91-109,84-47-31-76(32-48-84)60-68-104(10,11)12)95-114(93-110,86-51-35-78(36-52-86)62-70-106(16,17)18)99-116(98-113,100-115)88-55-39-80(40-56-88)64-72-108(22,23)24/h25-56H,1-24H3. The van der Waals surface area contributed by atoms with Crippen molar-refractivity contribution in [1.29, 1.82) is 0 Å². The van der Waals surface area contributed by atoms with Gasteiger partial charge in [0.1, 0.15) is 64.6 Å². The Morgan fingerprint density at radius 2 is 0.216 bits per heavy atom. The Morgan fingerprint density at radius 1 is 0.138 bits per heavy atom. The summed E-state index contributed by atoms with van der Waals surface area (Å²) in [6.07, 6.45) is 0. The molecule has 0 atom stereocenters. The van der Waals surface area contributed by atoms with Crippen LogP contribution in [0.25, 0.3) is 0 Å². The largest absolute Gasteiger partial charge is 0.515 e. The summed E-state index contributed by atoms with van der Waals surface area (Å²) < 4.78 is 106. The van der Waals surface area contributed by atoms with Gasteiger partial charge in [-0.05, 0) is 97.1 Å². The van der Waals surface area contributed by atoms with Gasteiger partial charge in [-0.3, -0.25) is 0 Å². The lowest BCUT2D eigenvalue weighted by Gasteiger charge is -2.62. The van der Waals surface area contributed by atoms with Crippen molar-refractivity contribution in [3.8, 4) is 91.7 Å². The molecule has 6 aliphatic heterocycles. The van der Waals surface area contributed by atoms with Crippen LogP contribution < -0.4 is 41.5 Å². The first-order valence-corrected chi connectivity index (χ1v) is 81.3. The molecule has 116 heavy (non-hydrogen) atoms. The maximum atomic E-state index is 8.80. The van der Waals surface area contributed by atoms with Crippen LogP contribution in [0, 0.1) is 91.7 Å². The molecule has 6 fully saturated rings. The number of benzene rings is 8. The summed E-state index contributed by atoms with van der Waals surface area (Å²) in [6, 6.07) is 63.3. The predicted molar refractivity (Wildman–Crippen MR) is 509 cm³/mol. The third-order valence-corrected chi connectivity index (χ3v) is 58.9. The maximum Gasteiger partial charge on any atom is 0.515 e. The van der Waals surface area contributed by atoms with Gasteiger partial charge in [-0.1, -0.05) is 302 Å². The molecule has 6 aliphatic rings. The molecule has 0 radical (unpaired) electrons. The van der Waals surface area contributed by atoms with Crippen LogP contribution in [0.1, 0.15) is 44.5 Å². The lowest BCUT2D eigenvalue weighted by Crippen LogP contribution is -2.96. The summed E-state index contributed by atoms with van der Waals surface area (Å²) in [5, 5.41) is 3.76. The molecule has 8 aromatic carbocycles. The molecule has 0 unspecified atom stereocenters. The number of rotatable bonds is 8. The van der Waals surface area contributed by atoms with E-state index < -0.39 is 135 Å². The predicted octanol–water partition coefficient (Wildman–Crippen LogP) is 12.9. The van der Waals surface area contributed by atoms with Crippen LogP contribution in [0.15, 0.2) is 194 Å². The van der Waals surface area contributed by atoms with Gasteiger partial charge in [-0.15, -0.1) is 44.3 Å². The fourth-order valence-electron chi connectivity index (χ4n) is 12.2. The van der Waals surface area contributed by atoms with Crippen molar-refractivity contribution in [2.75, 3.05) is 0 Å². The Balaban J connectivity index is 1.27. The fourth-order valence-corrected chi connectivity index (χ4v) is 62.2. The normalized spacial score (nSPS) is 24.9. The molecule has 0 aromatic heterocycles. The van der Waals surface area contributed by atoms with Crippen LogP contribution in [0.4, 0.5) is 0 Å². The van der Waals surface area contributed by atoms with Crippen molar-refractivity contribution in [3.63, 3.8) is 0 Å². The summed E-state index contributed by atoms with van der Waals surface area (Å²) in [6.45, 7) is 53.5. The quantitative estimate of drug-likeness (QED) is 0.107. The van der Waals surface area contributed by atoms with Crippen LogP contribution in [-0.2, 0) is 49.4 Å². The summed E-state index contributed by atoms with van der Waals surface area (Å²) in [7, 11) is -57.6. The summed E-state index contributed by atoms with van der Waals surface area (Å²) in [5.74, 6) is 28.2. The van der Waals surface area contributed by atoms with Gasteiger partial charge in [0, 0.05) is 86.0 Å². The zero-order valence-corrected chi connectivity index (χ0v) is 87.4. The molecule has 12 nitrogen and oxygen atoms in total. The minimum Gasteiger partial charge on any atom is -0.366 e. The third-order valence-electron chi connectivity index (χ3n) is 17.8. The number of hydrogen-bond acceptors (Lipinski definition) is 12. The van der Waals surface area contributed by atoms with E-state index in [1.165, 1.54) is 0 Å². The second kappa shape index (κ2) is 32.0. The Bertz CT molecular complexity index is 4510. The van der Waals surface area contributed by atoms with Crippen LogP contribution >= 0.6 is 0 Å². The Labute approximate surface area is 707 Å². The molecule has 6 saturated heterocycles. The molecule has 8 bridgehead atoms. The molecule has 0 aliphatic carbocycles. The van der Waals surface area contributed by atoms with Gasteiger partial charge >= 0.3 is 70.4 Å². The molecule has 28 heteroatoms. The van der Waals surface area contributed by atoms with Crippen LogP contribution in [0.5, 0.6) is 0 Å². The van der Waals surface area contributed by atoms with Crippen LogP contribution in [-0.4, -0.2) is 135 Å². The Kier molecular flexibility index (Phi) is 24.0. The number of hydrogen-bond donors (Lipinski definition) is 0. The van der Waals surface area contributed by atoms with Crippen molar-refractivity contribution in [3.05, 3.63) is 239 Å². The zero-order chi connectivity index (χ0) is 83.7.